The minimum absolute atomic E-state index is 0.157. The van der Waals surface area contributed by atoms with Gasteiger partial charge in [0.05, 0.1) is 12.6 Å². The van der Waals surface area contributed by atoms with Crippen LogP contribution in [0.1, 0.15) is 13.3 Å². The molecular formula is C15H21ClN2O3. The van der Waals surface area contributed by atoms with E-state index in [-0.39, 0.29) is 11.9 Å². The third kappa shape index (κ3) is 4.79. The van der Waals surface area contributed by atoms with Gasteiger partial charge < -0.3 is 20.1 Å². The monoisotopic (exact) mass is 312 g/mol. The van der Waals surface area contributed by atoms with Crippen molar-refractivity contribution in [2.24, 2.45) is 5.92 Å². The van der Waals surface area contributed by atoms with Crippen LogP contribution in [0.5, 0.6) is 5.75 Å². The number of carbonyl (C=O) groups excluding carboxylic acids is 1. The predicted molar refractivity (Wildman–Crippen MR) is 81.7 cm³/mol. The molecule has 0 aliphatic carbocycles. The van der Waals surface area contributed by atoms with Gasteiger partial charge in [-0.1, -0.05) is 24.6 Å². The minimum atomic E-state index is -0.438. The van der Waals surface area contributed by atoms with E-state index in [1.54, 1.807) is 17.0 Å². The lowest BCUT2D eigenvalue weighted by molar-refractivity contribution is 0.0434. The lowest BCUT2D eigenvalue weighted by Gasteiger charge is -2.34. The number of carbonyl (C=O) groups is 1. The van der Waals surface area contributed by atoms with Gasteiger partial charge in [-0.25, -0.2) is 4.79 Å². The van der Waals surface area contributed by atoms with Crippen molar-refractivity contribution < 1.29 is 14.6 Å². The molecule has 0 spiro atoms. The summed E-state index contributed by atoms with van der Waals surface area (Å²) in [6, 6.07) is 6.98. The van der Waals surface area contributed by atoms with E-state index < -0.39 is 6.10 Å². The van der Waals surface area contributed by atoms with Crippen molar-refractivity contribution in [3.8, 4) is 5.75 Å². The third-order valence-corrected chi connectivity index (χ3v) is 3.88. The Morgan fingerprint density at radius 1 is 1.57 bits per heavy atom. The number of ether oxygens (including phenoxy) is 1. The summed E-state index contributed by atoms with van der Waals surface area (Å²) in [5.41, 5.74) is 0. The van der Waals surface area contributed by atoms with E-state index in [4.69, 9.17) is 16.3 Å². The number of benzene rings is 1. The van der Waals surface area contributed by atoms with Gasteiger partial charge in [0.1, 0.15) is 12.4 Å². The van der Waals surface area contributed by atoms with Crippen molar-refractivity contribution >= 4 is 17.6 Å². The zero-order chi connectivity index (χ0) is 15.2. The molecule has 2 atom stereocenters. The average Bonchev–Trinajstić information content (AvgIpc) is 2.46. The summed E-state index contributed by atoms with van der Waals surface area (Å²) in [5, 5.41) is 13.2. The van der Waals surface area contributed by atoms with Crippen LogP contribution in [0, 0.1) is 5.92 Å². The second kappa shape index (κ2) is 7.52. The fourth-order valence-corrected chi connectivity index (χ4v) is 2.41. The number of aliphatic hydroxyl groups excluding tert-OH is 1. The molecule has 1 fully saturated rings. The molecule has 0 bridgehead atoms. The molecule has 1 aromatic rings. The summed E-state index contributed by atoms with van der Waals surface area (Å²) in [6.45, 7) is 3.85. The van der Waals surface area contributed by atoms with Gasteiger partial charge in [-0.3, -0.25) is 0 Å². The van der Waals surface area contributed by atoms with Gasteiger partial charge in [-0.05, 0) is 30.5 Å². The highest BCUT2D eigenvalue weighted by Crippen LogP contribution is 2.17. The molecule has 0 radical (unpaired) electrons. The zero-order valence-corrected chi connectivity index (χ0v) is 12.8. The number of amides is 2. The van der Waals surface area contributed by atoms with Crippen LogP contribution < -0.4 is 10.1 Å². The summed E-state index contributed by atoms with van der Waals surface area (Å²) >= 11 is 5.85. The van der Waals surface area contributed by atoms with Gasteiger partial charge in [0, 0.05) is 18.1 Å². The number of aliphatic hydroxyl groups is 1. The first-order valence-corrected chi connectivity index (χ1v) is 7.53. The van der Waals surface area contributed by atoms with Gasteiger partial charge in [-0.15, -0.1) is 0 Å². The van der Waals surface area contributed by atoms with E-state index in [9.17, 15) is 9.90 Å². The van der Waals surface area contributed by atoms with E-state index >= 15 is 0 Å². The van der Waals surface area contributed by atoms with Crippen molar-refractivity contribution in [1.82, 2.24) is 10.2 Å². The Morgan fingerprint density at radius 3 is 3.10 bits per heavy atom. The fourth-order valence-electron chi connectivity index (χ4n) is 2.23. The first-order valence-electron chi connectivity index (χ1n) is 7.15. The summed E-state index contributed by atoms with van der Waals surface area (Å²) in [7, 11) is 0. The Kier molecular flexibility index (Phi) is 5.70. The molecule has 1 saturated heterocycles. The highest BCUT2D eigenvalue weighted by atomic mass is 35.5. The first-order chi connectivity index (χ1) is 10.1. The maximum absolute atomic E-state index is 11.9. The average molecular weight is 313 g/mol. The number of urea groups is 1. The number of likely N-dealkylation sites (tertiary alicyclic amines) is 1. The Morgan fingerprint density at radius 2 is 2.38 bits per heavy atom. The van der Waals surface area contributed by atoms with Gasteiger partial charge in [-0.2, -0.15) is 0 Å². The van der Waals surface area contributed by atoms with Crippen LogP contribution in [-0.2, 0) is 0 Å². The molecule has 2 N–H and O–H groups in total. The Labute approximate surface area is 129 Å². The molecule has 1 aliphatic rings. The van der Waals surface area contributed by atoms with Gasteiger partial charge in [0.15, 0.2) is 0 Å². The number of halogens is 1. The molecule has 1 heterocycles. The maximum Gasteiger partial charge on any atom is 0.317 e. The molecule has 1 aliphatic heterocycles. The van der Waals surface area contributed by atoms with Crippen molar-refractivity contribution in [1.29, 1.82) is 0 Å². The van der Waals surface area contributed by atoms with Crippen molar-refractivity contribution in [3.05, 3.63) is 29.3 Å². The molecule has 5 nitrogen and oxygen atoms in total. The molecule has 116 valence electrons. The standard InChI is InChI=1S/C15H21ClN2O3/c1-11-5-7-18(10-14(11)19)15(20)17-6-8-21-13-4-2-3-12(16)9-13/h2-4,9,11,14,19H,5-8,10H2,1H3,(H,17,20). The highest BCUT2D eigenvalue weighted by Gasteiger charge is 2.26. The van der Waals surface area contributed by atoms with Crippen molar-refractivity contribution in [3.63, 3.8) is 0 Å². The number of piperidine rings is 1. The third-order valence-electron chi connectivity index (χ3n) is 3.65. The van der Waals surface area contributed by atoms with Gasteiger partial charge >= 0.3 is 6.03 Å². The van der Waals surface area contributed by atoms with Crippen LogP contribution in [0.3, 0.4) is 0 Å². The number of β-amino-alcohol motifs (C(OH)–C–C–N with tert-alkyl or cyclic N) is 1. The van der Waals surface area contributed by atoms with E-state index in [1.165, 1.54) is 0 Å². The number of hydrogen-bond acceptors (Lipinski definition) is 3. The quantitative estimate of drug-likeness (QED) is 0.837. The van der Waals surface area contributed by atoms with Crippen LogP contribution in [0.4, 0.5) is 4.79 Å². The van der Waals surface area contributed by atoms with Gasteiger partial charge in [0.25, 0.3) is 0 Å². The summed E-state index contributed by atoms with van der Waals surface area (Å²) in [6.07, 6.45) is 0.389. The summed E-state index contributed by atoms with van der Waals surface area (Å²) in [5.74, 6) is 0.930. The maximum atomic E-state index is 11.9. The topological polar surface area (TPSA) is 61.8 Å². The molecular weight excluding hydrogens is 292 g/mol. The molecule has 2 unspecified atom stereocenters. The molecule has 1 aromatic carbocycles. The molecule has 2 amide bonds. The van der Waals surface area contributed by atoms with Crippen LogP contribution in [-0.4, -0.2) is 48.4 Å². The minimum Gasteiger partial charge on any atom is -0.492 e. The largest absolute Gasteiger partial charge is 0.492 e. The van der Waals surface area contributed by atoms with Gasteiger partial charge in [0.2, 0.25) is 0 Å². The zero-order valence-electron chi connectivity index (χ0n) is 12.1. The fraction of sp³-hybridized carbons (Fsp3) is 0.533. The second-order valence-electron chi connectivity index (χ2n) is 5.32. The molecule has 0 aromatic heterocycles. The molecule has 2 rings (SSSR count). The second-order valence-corrected chi connectivity index (χ2v) is 5.75. The Hall–Kier alpha value is -1.46. The van der Waals surface area contributed by atoms with E-state index in [0.29, 0.717) is 37.0 Å². The smallest absolute Gasteiger partial charge is 0.317 e. The lowest BCUT2D eigenvalue weighted by Crippen LogP contribution is -2.50. The predicted octanol–water partition coefficient (Wildman–Crippen LogP) is 2.13. The van der Waals surface area contributed by atoms with Crippen LogP contribution >= 0.6 is 11.6 Å². The molecule has 21 heavy (non-hydrogen) atoms. The Balaban J connectivity index is 1.67. The summed E-state index contributed by atoms with van der Waals surface area (Å²) < 4.78 is 5.50. The lowest BCUT2D eigenvalue weighted by atomic mass is 9.96. The molecule has 6 heteroatoms. The SMILES string of the molecule is CC1CCN(C(=O)NCCOc2cccc(Cl)c2)CC1O. The normalized spacial score (nSPS) is 22.0. The number of nitrogens with one attached hydrogen (secondary N) is 1. The number of nitrogens with zero attached hydrogens (tertiary/aromatic N) is 1. The first kappa shape index (κ1) is 15.9. The molecule has 0 saturated carbocycles. The van der Waals surface area contributed by atoms with E-state index in [2.05, 4.69) is 5.32 Å². The van der Waals surface area contributed by atoms with Crippen molar-refractivity contribution in [2.75, 3.05) is 26.2 Å². The van der Waals surface area contributed by atoms with Crippen LogP contribution in [0.15, 0.2) is 24.3 Å². The van der Waals surface area contributed by atoms with Crippen LogP contribution in [0.25, 0.3) is 0 Å². The Bertz CT molecular complexity index is 484. The van der Waals surface area contributed by atoms with Crippen molar-refractivity contribution in [2.45, 2.75) is 19.4 Å². The van der Waals surface area contributed by atoms with E-state index in [1.807, 2.05) is 19.1 Å². The highest BCUT2D eigenvalue weighted by molar-refractivity contribution is 6.30. The number of hydrogen-bond donors (Lipinski definition) is 2. The summed E-state index contributed by atoms with van der Waals surface area (Å²) in [4.78, 5) is 13.6. The van der Waals surface area contributed by atoms with Crippen LogP contribution in [0.2, 0.25) is 5.02 Å². The number of rotatable bonds is 4. The van der Waals surface area contributed by atoms with E-state index in [0.717, 1.165) is 6.42 Å².